The minimum atomic E-state index is 0.306. The fraction of sp³-hybridized carbons (Fsp3) is 0.519. The van der Waals surface area contributed by atoms with Gasteiger partial charge in [-0.1, -0.05) is 13.8 Å². The fourth-order valence-electron chi connectivity index (χ4n) is 5.57. The van der Waals surface area contributed by atoms with Crippen LogP contribution >= 0.6 is 0 Å². The van der Waals surface area contributed by atoms with Crippen LogP contribution in [0.25, 0.3) is 27.9 Å². The van der Waals surface area contributed by atoms with Crippen LogP contribution in [0.1, 0.15) is 68.2 Å². The molecule has 0 aromatic carbocycles. The second-order valence-corrected chi connectivity index (χ2v) is 9.98. The van der Waals surface area contributed by atoms with Crippen LogP contribution in [0.3, 0.4) is 0 Å². The molecule has 1 fully saturated rings. The predicted octanol–water partition coefficient (Wildman–Crippen LogP) is 4.98. The zero-order valence-electron chi connectivity index (χ0n) is 21.4. The van der Waals surface area contributed by atoms with Crippen LogP contribution in [0.4, 0.5) is 0 Å². The zero-order chi connectivity index (χ0) is 24.5. The molecule has 0 aliphatic heterocycles. The van der Waals surface area contributed by atoms with Gasteiger partial charge in [-0.2, -0.15) is 5.10 Å². The minimum absolute atomic E-state index is 0.306. The van der Waals surface area contributed by atoms with Crippen LogP contribution in [0, 0.1) is 6.92 Å². The third-order valence-corrected chi connectivity index (χ3v) is 7.32. The molecule has 0 atom stereocenters. The Morgan fingerprint density at radius 1 is 1.17 bits per heavy atom. The lowest BCUT2D eigenvalue weighted by molar-refractivity contribution is 0.191. The number of hydrogen-bond donors (Lipinski definition) is 2. The second kappa shape index (κ2) is 9.95. The minimum Gasteiger partial charge on any atom is -0.493 e. The highest BCUT2D eigenvalue weighted by atomic mass is 16.5. The molecule has 1 aliphatic carbocycles. The number of nitrogens with zero attached hydrogens (tertiary/aromatic N) is 4. The van der Waals surface area contributed by atoms with Gasteiger partial charge in [0.2, 0.25) is 0 Å². The Bertz CT molecular complexity index is 1320. The topological polar surface area (TPSA) is 89.4 Å². The Morgan fingerprint density at radius 3 is 2.69 bits per heavy atom. The molecule has 0 bridgehead atoms. The average Bonchev–Trinajstić information content (AvgIpc) is 3.48. The molecular formula is C27H36N6O2. The summed E-state index contributed by atoms with van der Waals surface area (Å²) in [5.74, 6) is 1.51. The van der Waals surface area contributed by atoms with Gasteiger partial charge in [0.15, 0.2) is 11.4 Å². The Morgan fingerprint density at radius 2 is 1.97 bits per heavy atom. The van der Waals surface area contributed by atoms with Gasteiger partial charge in [-0.05, 0) is 56.2 Å². The molecule has 0 amide bonds. The van der Waals surface area contributed by atoms with Crippen LogP contribution in [0.2, 0.25) is 0 Å². The van der Waals surface area contributed by atoms with Crippen molar-refractivity contribution in [1.29, 1.82) is 0 Å². The molecule has 4 aromatic rings. The van der Waals surface area contributed by atoms with E-state index in [4.69, 9.17) is 14.5 Å². The largest absolute Gasteiger partial charge is 0.493 e. The van der Waals surface area contributed by atoms with Gasteiger partial charge in [-0.25, -0.2) is 9.50 Å². The van der Waals surface area contributed by atoms with Gasteiger partial charge in [0.25, 0.3) is 0 Å². The van der Waals surface area contributed by atoms with Crippen molar-refractivity contribution in [2.24, 2.45) is 0 Å². The second-order valence-electron chi connectivity index (χ2n) is 9.98. The molecule has 4 heterocycles. The molecule has 0 saturated heterocycles. The standard InChI is InChI=1S/C27H36N6O2/c1-16(2)23-25(19-13-22(35-5)27-29-15-30-33(27)14-19)31-21-12-17(3)24(32-26(21)23)18-6-8-20(9-7-18)28-10-11-34-4/h12-16,18,20,28,31H,6-11H2,1-5H3. The summed E-state index contributed by atoms with van der Waals surface area (Å²) in [5.41, 5.74) is 8.71. The van der Waals surface area contributed by atoms with Crippen LogP contribution in [-0.2, 0) is 4.74 Å². The van der Waals surface area contributed by atoms with Gasteiger partial charge in [-0.3, -0.25) is 4.98 Å². The molecule has 8 nitrogen and oxygen atoms in total. The number of ether oxygens (including phenoxy) is 2. The van der Waals surface area contributed by atoms with Crippen LogP contribution in [0.15, 0.2) is 24.7 Å². The number of aromatic nitrogens is 5. The molecule has 1 saturated carbocycles. The van der Waals surface area contributed by atoms with Crippen LogP contribution in [-0.4, -0.2) is 58.0 Å². The number of methoxy groups -OCH3 is 2. The maximum absolute atomic E-state index is 5.61. The maximum Gasteiger partial charge on any atom is 0.197 e. The normalized spacial score (nSPS) is 18.7. The third-order valence-electron chi connectivity index (χ3n) is 7.32. The summed E-state index contributed by atoms with van der Waals surface area (Å²) in [6.07, 6.45) is 8.25. The van der Waals surface area contributed by atoms with Gasteiger partial charge in [0, 0.05) is 48.6 Å². The number of aryl methyl sites for hydroxylation is 1. The Hall–Kier alpha value is -2.97. The van der Waals surface area contributed by atoms with Gasteiger partial charge in [0.05, 0.1) is 30.4 Å². The lowest BCUT2D eigenvalue weighted by Crippen LogP contribution is -2.35. The van der Waals surface area contributed by atoms with E-state index < -0.39 is 0 Å². The third kappa shape index (κ3) is 4.52. The van der Waals surface area contributed by atoms with Gasteiger partial charge in [0.1, 0.15) is 6.33 Å². The molecule has 0 spiro atoms. The van der Waals surface area contributed by atoms with Crippen molar-refractivity contribution in [2.45, 2.75) is 64.3 Å². The monoisotopic (exact) mass is 476 g/mol. The van der Waals surface area contributed by atoms with E-state index in [2.05, 4.69) is 47.2 Å². The van der Waals surface area contributed by atoms with Crippen LogP contribution in [0.5, 0.6) is 5.75 Å². The van der Waals surface area contributed by atoms with Crippen molar-refractivity contribution in [3.8, 4) is 17.0 Å². The van der Waals surface area contributed by atoms with E-state index in [1.54, 1.807) is 25.1 Å². The molecule has 5 rings (SSSR count). The van der Waals surface area contributed by atoms with E-state index >= 15 is 0 Å². The van der Waals surface area contributed by atoms with Crippen LogP contribution < -0.4 is 10.1 Å². The van der Waals surface area contributed by atoms with Crippen molar-refractivity contribution in [3.63, 3.8) is 0 Å². The summed E-state index contributed by atoms with van der Waals surface area (Å²) in [4.78, 5) is 13.3. The van der Waals surface area contributed by atoms with Crippen molar-refractivity contribution in [2.75, 3.05) is 27.4 Å². The summed E-state index contributed by atoms with van der Waals surface area (Å²) in [6.45, 7) is 8.35. The Kier molecular flexibility index (Phi) is 6.75. The van der Waals surface area contributed by atoms with E-state index in [0.29, 0.717) is 29.3 Å². The van der Waals surface area contributed by atoms with Crippen molar-refractivity contribution < 1.29 is 9.47 Å². The summed E-state index contributed by atoms with van der Waals surface area (Å²) in [5, 5.41) is 7.98. The van der Waals surface area contributed by atoms with E-state index in [1.807, 2.05) is 12.3 Å². The van der Waals surface area contributed by atoms with E-state index in [-0.39, 0.29) is 0 Å². The predicted molar refractivity (Wildman–Crippen MR) is 138 cm³/mol. The summed E-state index contributed by atoms with van der Waals surface area (Å²) < 4.78 is 12.6. The number of pyridine rings is 2. The smallest absolute Gasteiger partial charge is 0.197 e. The quantitative estimate of drug-likeness (QED) is 0.349. The number of hydrogen-bond acceptors (Lipinski definition) is 6. The van der Waals surface area contributed by atoms with Gasteiger partial charge < -0.3 is 19.8 Å². The number of fused-ring (bicyclic) bond motifs is 2. The van der Waals surface area contributed by atoms with E-state index in [1.165, 1.54) is 42.5 Å². The lowest BCUT2D eigenvalue weighted by Gasteiger charge is -2.29. The molecular weight excluding hydrogens is 440 g/mol. The molecule has 2 N–H and O–H groups in total. The highest BCUT2D eigenvalue weighted by Crippen LogP contribution is 2.39. The van der Waals surface area contributed by atoms with Gasteiger partial charge in [-0.15, -0.1) is 0 Å². The molecule has 186 valence electrons. The SMILES string of the molecule is COCCNC1CCC(c2nc3c(C(C)C)c(-c4cc(OC)c5ncnn5c4)[nH]c3cc2C)CC1. The first-order valence-electron chi connectivity index (χ1n) is 12.6. The van der Waals surface area contributed by atoms with E-state index in [9.17, 15) is 0 Å². The maximum atomic E-state index is 5.61. The Labute approximate surface area is 206 Å². The molecule has 8 heteroatoms. The molecule has 35 heavy (non-hydrogen) atoms. The summed E-state index contributed by atoms with van der Waals surface area (Å²) >= 11 is 0. The van der Waals surface area contributed by atoms with E-state index in [0.717, 1.165) is 35.4 Å². The van der Waals surface area contributed by atoms with Crippen molar-refractivity contribution >= 4 is 16.7 Å². The number of rotatable bonds is 8. The average molecular weight is 477 g/mol. The zero-order valence-corrected chi connectivity index (χ0v) is 21.4. The van der Waals surface area contributed by atoms with Gasteiger partial charge >= 0.3 is 0 Å². The highest BCUT2D eigenvalue weighted by molar-refractivity contribution is 5.89. The first-order chi connectivity index (χ1) is 17.0. The lowest BCUT2D eigenvalue weighted by atomic mass is 9.82. The number of aromatic amines is 1. The Balaban J connectivity index is 1.51. The summed E-state index contributed by atoms with van der Waals surface area (Å²) in [7, 11) is 3.42. The molecule has 4 aromatic heterocycles. The summed E-state index contributed by atoms with van der Waals surface area (Å²) in [6, 6.07) is 4.89. The number of nitrogens with one attached hydrogen (secondary N) is 2. The first-order valence-corrected chi connectivity index (χ1v) is 12.6. The van der Waals surface area contributed by atoms with Crippen molar-refractivity contribution in [3.05, 3.63) is 41.5 Å². The highest BCUT2D eigenvalue weighted by Gasteiger charge is 2.26. The molecule has 0 unspecified atom stereocenters. The molecule has 0 radical (unpaired) electrons. The van der Waals surface area contributed by atoms with Crippen molar-refractivity contribution in [1.82, 2.24) is 29.9 Å². The first kappa shape index (κ1) is 23.8. The molecule has 1 aliphatic rings. The fourth-order valence-corrected chi connectivity index (χ4v) is 5.57. The number of H-pyrrole nitrogens is 1.